The number of para-hydroxylation sites is 1. The molecule has 0 aliphatic rings. The van der Waals surface area contributed by atoms with Crippen LogP contribution in [0.15, 0.2) is 71.6 Å². The summed E-state index contributed by atoms with van der Waals surface area (Å²) in [5.74, 6) is -0.0278. The van der Waals surface area contributed by atoms with Crippen molar-refractivity contribution in [1.82, 2.24) is 4.72 Å². The maximum atomic E-state index is 13.5. The predicted octanol–water partition coefficient (Wildman–Crippen LogP) is 5.39. The molecule has 0 bridgehead atoms. The molecule has 0 saturated heterocycles. The number of carbonyl (C=O) groups excluding carboxylic acids is 1. The van der Waals surface area contributed by atoms with Crippen LogP contribution in [0.2, 0.25) is 5.02 Å². The Balaban J connectivity index is 1.93. The highest BCUT2D eigenvalue weighted by molar-refractivity contribution is 7.89. The van der Waals surface area contributed by atoms with E-state index in [1.54, 1.807) is 0 Å². The highest BCUT2D eigenvalue weighted by Gasteiger charge is 2.27. The van der Waals surface area contributed by atoms with Crippen molar-refractivity contribution in [2.24, 2.45) is 0 Å². The van der Waals surface area contributed by atoms with Gasteiger partial charge in [0, 0.05) is 5.69 Å². The first-order valence-corrected chi connectivity index (χ1v) is 13.5. The maximum absolute atomic E-state index is 13.5. The molecule has 0 radical (unpaired) electrons. The molecule has 0 saturated carbocycles. The first-order valence-electron chi connectivity index (χ1n) is 11.7. The van der Waals surface area contributed by atoms with E-state index in [1.165, 1.54) is 18.2 Å². The number of nitrogens with one attached hydrogen (secondary N) is 2. The van der Waals surface area contributed by atoms with Crippen LogP contribution < -0.4 is 14.8 Å². The molecular formula is C27H31ClN2O4S. The molecule has 0 spiro atoms. The third kappa shape index (κ3) is 6.84. The van der Waals surface area contributed by atoms with Gasteiger partial charge in [-0.15, -0.1) is 0 Å². The molecule has 3 aromatic carbocycles. The highest BCUT2D eigenvalue weighted by Crippen LogP contribution is 2.28. The van der Waals surface area contributed by atoms with E-state index in [2.05, 4.69) is 10.0 Å². The van der Waals surface area contributed by atoms with E-state index in [0.717, 1.165) is 35.2 Å². The lowest BCUT2D eigenvalue weighted by Gasteiger charge is -2.21. The Morgan fingerprint density at radius 1 is 0.943 bits per heavy atom. The maximum Gasteiger partial charge on any atom is 0.242 e. The number of carbonyl (C=O) groups is 1. The molecule has 186 valence electrons. The average Bonchev–Trinajstić information content (AvgIpc) is 2.85. The fourth-order valence-electron chi connectivity index (χ4n) is 3.83. The standard InChI is InChI=1S/C27H31ClN2O4S/c1-4-20-13-10-14-21(5-2)26(20)29-27(31)24(17-19-11-8-7-9-12-19)30-35(32,33)22-15-16-25(34-6-3)23(28)18-22/h7-16,18,24,30H,4-6,17H2,1-3H3,(H,29,31)/t24-/m0/s1. The molecule has 3 aromatic rings. The van der Waals surface area contributed by atoms with E-state index in [4.69, 9.17) is 16.3 Å². The van der Waals surface area contributed by atoms with Gasteiger partial charge in [0.15, 0.2) is 0 Å². The Hall–Kier alpha value is -2.87. The van der Waals surface area contributed by atoms with Crippen molar-refractivity contribution in [2.45, 2.75) is 51.0 Å². The van der Waals surface area contributed by atoms with Crippen molar-refractivity contribution in [1.29, 1.82) is 0 Å². The van der Waals surface area contributed by atoms with Crippen LogP contribution in [0.4, 0.5) is 5.69 Å². The zero-order valence-electron chi connectivity index (χ0n) is 20.2. The molecule has 1 atom stereocenters. The molecule has 3 rings (SSSR count). The van der Waals surface area contributed by atoms with Gasteiger partial charge in [-0.25, -0.2) is 8.42 Å². The number of sulfonamides is 1. The van der Waals surface area contributed by atoms with E-state index < -0.39 is 22.0 Å². The number of halogens is 1. The zero-order valence-corrected chi connectivity index (χ0v) is 21.7. The molecule has 0 heterocycles. The van der Waals surface area contributed by atoms with Crippen molar-refractivity contribution in [3.8, 4) is 5.75 Å². The summed E-state index contributed by atoms with van der Waals surface area (Å²) < 4.78 is 34.5. The second-order valence-corrected chi connectivity index (χ2v) is 10.2. The Labute approximate surface area is 212 Å². The van der Waals surface area contributed by atoms with E-state index in [9.17, 15) is 13.2 Å². The second kappa shape index (κ2) is 12.2. The summed E-state index contributed by atoms with van der Waals surface area (Å²) in [5.41, 5.74) is 3.57. The minimum atomic E-state index is -4.05. The van der Waals surface area contributed by atoms with Crippen LogP contribution in [0, 0.1) is 0 Å². The van der Waals surface area contributed by atoms with Crippen molar-refractivity contribution >= 4 is 33.2 Å². The van der Waals surface area contributed by atoms with Gasteiger partial charge in [0.1, 0.15) is 11.8 Å². The van der Waals surface area contributed by atoms with E-state index in [0.29, 0.717) is 12.4 Å². The SMILES string of the molecule is CCOc1ccc(S(=O)(=O)N[C@@H](Cc2ccccc2)C(=O)Nc2c(CC)cccc2CC)cc1Cl. The minimum absolute atomic E-state index is 0.0416. The van der Waals surface area contributed by atoms with Crippen LogP contribution in [-0.4, -0.2) is 27.0 Å². The first kappa shape index (κ1) is 26.7. The van der Waals surface area contributed by atoms with E-state index in [1.807, 2.05) is 69.3 Å². The van der Waals surface area contributed by atoms with Gasteiger partial charge >= 0.3 is 0 Å². The fraction of sp³-hybridized carbons (Fsp3) is 0.296. The normalized spacial score (nSPS) is 12.2. The minimum Gasteiger partial charge on any atom is -0.492 e. The molecule has 2 N–H and O–H groups in total. The molecule has 0 fully saturated rings. The van der Waals surface area contributed by atoms with Crippen molar-refractivity contribution in [3.05, 3.63) is 88.4 Å². The fourth-order valence-corrected chi connectivity index (χ4v) is 5.35. The van der Waals surface area contributed by atoms with Gasteiger partial charge in [-0.2, -0.15) is 4.72 Å². The Bertz CT molecular complexity index is 1240. The number of amides is 1. The Morgan fingerprint density at radius 2 is 1.60 bits per heavy atom. The van der Waals surface area contributed by atoms with Crippen LogP contribution in [-0.2, 0) is 34.1 Å². The summed E-state index contributed by atoms with van der Waals surface area (Å²) in [7, 11) is -4.05. The lowest BCUT2D eigenvalue weighted by molar-refractivity contribution is -0.117. The van der Waals surface area contributed by atoms with Crippen molar-refractivity contribution < 1.29 is 17.9 Å². The van der Waals surface area contributed by atoms with Gasteiger partial charge in [-0.05, 0) is 61.1 Å². The van der Waals surface area contributed by atoms with Crippen molar-refractivity contribution in [2.75, 3.05) is 11.9 Å². The summed E-state index contributed by atoms with van der Waals surface area (Å²) in [6.45, 7) is 6.26. The number of aryl methyl sites for hydroxylation is 2. The number of benzene rings is 3. The topological polar surface area (TPSA) is 84.5 Å². The number of hydrogen-bond donors (Lipinski definition) is 2. The molecule has 6 nitrogen and oxygen atoms in total. The summed E-state index contributed by atoms with van der Waals surface area (Å²) in [5, 5.41) is 3.18. The zero-order chi connectivity index (χ0) is 25.4. The van der Waals surface area contributed by atoms with Crippen LogP contribution in [0.5, 0.6) is 5.75 Å². The number of hydrogen-bond acceptors (Lipinski definition) is 4. The second-order valence-electron chi connectivity index (χ2n) is 8.04. The lowest BCUT2D eigenvalue weighted by atomic mass is 10.0. The van der Waals surface area contributed by atoms with Crippen LogP contribution in [0.1, 0.15) is 37.5 Å². The number of rotatable bonds is 11. The average molecular weight is 515 g/mol. The molecule has 35 heavy (non-hydrogen) atoms. The van der Waals surface area contributed by atoms with Gasteiger partial charge in [-0.3, -0.25) is 4.79 Å². The number of anilines is 1. The largest absolute Gasteiger partial charge is 0.492 e. The van der Waals surface area contributed by atoms with Gasteiger partial charge in [0.05, 0.1) is 16.5 Å². The number of ether oxygens (including phenoxy) is 1. The molecule has 0 aliphatic carbocycles. The predicted molar refractivity (Wildman–Crippen MR) is 141 cm³/mol. The molecule has 8 heteroatoms. The van der Waals surface area contributed by atoms with Gasteiger partial charge < -0.3 is 10.1 Å². The van der Waals surface area contributed by atoms with Gasteiger partial charge in [-0.1, -0.05) is 74.0 Å². The monoisotopic (exact) mass is 514 g/mol. The summed E-state index contributed by atoms with van der Waals surface area (Å²) in [4.78, 5) is 13.4. The summed E-state index contributed by atoms with van der Waals surface area (Å²) >= 11 is 6.22. The molecule has 0 aromatic heterocycles. The lowest BCUT2D eigenvalue weighted by Crippen LogP contribution is -2.45. The smallest absolute Gasteiger partial charge is 0.242 e. The van der Waals surface area contributed by atoms with Crippen molar-refractivity contribution in [3.63, 3.8) is 0 Å². The van der Waals surface area contributed by atoms with Gasteiger partial charge in [0.25, 0.3) is 0 Å². The molecule has 0 unspecified atom stereocenters. The first-order chi connectivity index (χ1) is 16.8. The Morgan fingerprint density at radius 3 is 2.17 bits per heavy atom. The third-order valence-corrected chi connectivity index (χ3v) is 7.42. The van der Waals surface area contributed by atoms with Crippen LogP contribution in [0.3, 0.4) is 0 Å². The Kier molecular flexibility index (Phi) is 9.32. The third-order valence-electron chi connectivity index (χ3n) is 5.66. The van der Waals surface area contributed by atoms with E-state index in [-0.39, 0.29) is 16.3 Å². The van der Waals surface area contributed by atoms with Crippen LogP contribution in [0.25, 0.3) is 0 Å². The van der Waals surface area contributed by atoms with E-state index >= 15 is 0 Å². The molecule has 1 amide bonds. The highest BCUT2D eigenvalue weighted by atomic mass is 35.5. The summed E-state index contributed by atoms with van der Waals surface area (Å²) in [6, 6.07) is 18.4. The van der Waals surface area contributed by atoms with Gasteiger partial charge in [0.2, 0.25) is 15.9 Å². The van der Waals surface area contributed by atoms with Crippen LogP contribution >= 0.6 is 11.6 Å². The molecular weight excluding hydrogens is 484 g/mol. The summed E-state index contributed by atoms with van der Waals surface area (Å²) in [6.07, 6.45) is 1.67. The molecule has 0 aliphatic heterocycles. The quantitative estimate of drug-likeness (QED) is 0.359.